The lowest BCUT2D eigenvalue weighted by atomic mass is 10.1. The maximum absolute atomic E-state index is 12.8. The molecule has 2 fully saturated rings. The standard InChI is InChI=1S/C18H22N2O3S/c1-11-7-8-14(12(2)9-11)20-17(23)15(10-16(21)22)24-18(20)19-13-5-3-4-6-13/h7-9,13,15H,3-6,10H2,1-2H3,(H,21,22). The summed E-state index contributed by atoms with van der Waals surface area (Å²) in [4.78, 5) is 30.3. The summed E-state index contributed by atoms with van der Waals surface area (Å²) in [7, 11) is 0. The molecule has 0 aromatic heterocycles. The molecule has 1 aliphatic carbocycles. The smallest absolute Gasteiger partial charge is 0.305 e. The molecule has 1 heterocycles. The van der Waals surface area contributed by atoms with Gasteiger partial charge >= 0.3 is 5.97 Å². The summed E-state index contributed by atoms with van der Waals surface area (Å²) in [6.07, 6.45) is 4.25. The van der Waals surface area contributed by atoms with Gasteiger partial charge in [-0.3, -0.25) is 19.5 Å². The fraction of sp³-hybridized carbons (Fsp3) is 0.500. The summed E-state index contributed by atoms with van der Waals surface area (Å²) in [5, 5.41) is 9.15. The van der Waals surface area contributed by atoms with Gasteiger partial charge < -0.3 is 5.11 Å². The first-order valence-electron chi connectivity index (χ1n) is 8.33. The molecule has 128 valence electrons. The molecule has 6 heteroatoms. The number of carboxylic acids is 1. The van der Waals surface area contributed by atoms with Crippen molar-refractivity contribution in [2.24, 2.45) is 4.99 Å². The third-order valence-electron chi connectivity index (χ3n) is 4.51. The topological polar surface area (TPSA) is 70.0 Å². The van der Waals surface area contributed by atoms with E-state index in [-0.39, 0.29) is 18.4 Å². The Kier molecular flexibility index (Phi) is 4.94. The molecule has 1 aromatic rings. The van der Waals surface area contributed by atoms with Gasteiger partial charge in [-0.15, -0.1) is 0 Å². The van der Waals surface area contributed by atoms with Crippen molar-refractivity contribution in [1.82, 2.24) is 0 Å². The molecule has 2 aliphatic rings. The number of hydrogen-bond acceptors (Lipinski definition) is 4. The van der Waals surface area contributed by atoms with Crippen LogP contribution in [0.15, 0.2) is 23.2 Å². The third-order valence-corrected chi connectivity index (χ3v) is 5.66. The first kappa shape index (κ1) is 17.0. The molecule has 1 unspecified atom stereocenters. The van der Waals surface area contributed by atoms with Gasteiger partial charge in [0.25, 0.3) is 0 Å². The molecular weight excluding hydrogens is 324 g/mol. The Morgan fingerprint density at radius 2 is 2.04 bits per heavy atom. The summed E-state index contributed by atoms with van der Waals surface area (Å²) >= 11 is 1.30. The Balaban J connectivity index is 1.97. The van der Waals surface area contributed by atoms with E-state index in [2.05, 4.69) is 0 Å². The zero-order valence-corrected chi connectivity index (χ0v) is 14.8. The molecule has 1 aromatic carbocycles. The van der Waals surface area contributed by atoms with Crippen molar-refractivity contribution in [3.63, 3.8) is 0 Å². The van der Waals surface area contributed by atoms with Crippen LogP contribution in [0.1, 0.15) is 43.2 Å². The molecule has 0 bridgehead atoms. The molecule has 1 saturated heterocycles. The molecule has 1 saturated carbocycles. The van der Waals surface area contributed by atoms with Gasteiger partial charge in [-0.1, -0.05) is 42.3 Å². The second kappa shape index (κ2) is 6.97. The predicted octanol–water partition coefficient (Wildman–Crippen LogP) is 3.53. The molecule has 5 nitrogen and oxygen atoms in total. The third kappa shape index (κ3) is 3.48. The molecule has 0 radical (unpaired) electrons. The lowest BCUT2D eigenvalue weighted by molar-refractivity contribution is -0.138. The number of benzene rings is 1. The minimum atomic E-state index is -0.955. The highest BCUT2D eigenvalue weighted by molar-refractivity contribution is 8.16. The number of carbonyl (C=O) groups is 2. The van der Waals surface area contributed by atoms with E-state index >= 15 is 0 Å². The number of rotatable bonds is 4. The van der Waals surface area contributed by atoms with Crippen LogP contribution in [0.2, 0.25) is 0 Å². The molecule has 1 atom stereocenters. The first-order chi connectivity index (χ1) is 11.5. The van der Waals surface area contributed by atoms with E-state index < -0.39 is 11.2 Å². The average molecular weight is 346 g/mol. The van der Waals surface area contributed by atoms with Crippen LogP contribution in [-0.2, 0) is 9.59 Å². The molecule has 1 amide bonds. The summed E-state index contributed by atoms with van der Waals surface area (Å²) in [6.45, 7) is 3.98. The van der Waals surface area contributed by atoms with E-state index in [4.69, 9.17) is 10.1 Å². The number of nitrogens with zero attached hydrogens (tertiary/aromatic N) is 2. The Hall–Kier alpha value is -1.82. The Bertz CT molecular complexity index is 696. The highest BCUT2D eigenvalue weighted by Gasteiger charge is 2.41. The van der Waals surface area contributed by atoms with Crippen LogP contribution in [0.25, 0.3) is 0 Å². The van der Waals surface area contributed by atoms with Crippen molar-refractivity contribution in [3.05, 3.63) is 29.3 Å². The lowest BCUT2D eigenvalue weighted by Crippen LogP contribution is -2.33. The Morgan fingerprint density at radius 3 is 2.67 bits per heavy atom. The number of carbonyl (C=O) groups excluding carboxylic acids is 1. The van der Waals surface area contributed by atoms with Crippen molar-refractivity contribution >= 4 is 34.5 Å². The summed E-state index contributed by atoms with van der Waals surface area (Å²) in [6, 6.07) is 6.18. The van der Waals surface area contributed by atoms with Gasteiger partial charge in [0.05, 0.1) is 18.2 Å². The van der Waals surface area contributed by atoms with Crippen molar-refractivity contribution < 1.29 is 14.7 Å². The maximum Gasteiger partial charge on any atom is 0.305 e. The second-order valence-electron chi connectivity index (χ2n) is 6.52. The van der Waals surface area contributed by atoms with Crippen molar-refractivity contribution in [3.8, 4) is 0 Å². The molecular formula is C18H22N2O3S. The van der Waals surface area contributed by atoms with Gasteiger partial charge in [0.2, 0.25) is 5.91 Å². The van der Waals surface area contributed by atoms with Gasteiger partial charge in [-0.25, -0.2) is 0 Å². The largest absolute Gasteiger partial charge is 0.481 e. The zero-order chi connectivity index (χ0) is 17.3. The van der Waals surface area contributed by atoms with E-state index in [1.54, 1.807) is 4.90 Å². The van der Waals surface area contributed by atoms with E-state index in [9.17, 15) is 9.59 Å². The van der Waals surface area contributed by atoms with E-state index in [0.29, 0.717) is 5.17 Å². The monoisotopic (exact) mass is 346 g/mol. The second-order valence-corrected chi connectivity index (χ2v) is 7.69. The zero-order valence-electron chi connectivity index (χ0n) is 14.0. The van der Waals surface area contributed by atoms with Crippen LogP contribution in [0.5, 0.6) is 0 Å². The molecule has 0 spiro atoms. The van der Waals surface area contributed by atoms with Crippen LogP contribution in [-0.4, -0.2) is 33.4 Å². The van der Waals surface area contributed by atoms with Gasteiger partial charge in [0.1, 0.15) is 5.25 Å². The number of aryl methyl sites for hydroxylation is 2. The normalized spacial score (nSPS) is 23.4. The number of anilines is 1. The molecule has 1 N–H and O–H groups in total. The predicted molar refractivity (Wildman–Crippen MR) is 96.7 cm³/mol. The molecule has 1 aliphatic heterocycles. The van der Waals surface area contributed by atoms with Crippen molar-refractivity contribution in [2.75, 3.05) is 4.90 Å². The summed E-state index contributed by atoms with van der Waals surface area (Å²) in [5.41, 5.74) is 2.94. The van der Waals surface area contributed by atoms with Crippen molar-refractivity contribution in [1.29, 1.82) is 0 Å². The quantitative estimate of drug-likeness (QED) is 0.905. The van der Waals surface area contributed by atoms with Crippen LogP contribution in [0.3, 0.4) is 0 Å². The highest BCUT2D eigenvalue weighted by Crippen LogP contribution is 2.36. The Labute approximate surface area is 146 Å². The van der Waals surface area contributed by atoms with Crippen LogP contribution in [0, 0.1) is 13.8 Å². The van der Waals surface area contributed by atoms with Gasteiger partial charge in [0, 0.05) is 0 Å². The van der Waals surface area contributed by atoms with Crippen molar-refractivity contribution in [2.45, 2.75) is 57.2 Å². The molecule has 3 rings (SSSR count). The summed E-state index contributed by atoms with van der Waals surface area (Å²) < 4.78 is 0. The van der Waals surface area contributed by atoms with Gasteiger partial charge in [0.15, 0.2) is 5.17 Å². The van der Waals surface area contributed by atoms with Crippen LogP contribution < -0.4 is 4.90 Å². The van der Waals surface area contributed by atoms with Gasteiger partial charge in [-0.2, -0.15) is 0 Å². The fourth-order valence-corrected chi connectivity index (χ4v) is 4.50. The number of hydrogen-bond donors (Lipinski definition) is 1. The van der Waals surface area contributed by atoms with E-state index in [0.717, 1.165) is 29.7 Å². The Morgan fingerprint density at radius 1 is 1.33 bits per heavy atom. The number of amidine groups is 1. The average Bonchev–Trinajstić information content (AvgIpc) is 3.10. The van der Waals surface area contributed by atoms with Crippen LogP contribution >= 0.6 is 11.8 Å². The highest BCUT2D eigenvalue weighted by atomic mass is 32.2. The number of carboxylic acid groups (broad SMARTS) is 1. The van der Waals surface area contributed by atoms with E-state index in [1.165, 1.54) is 24.6 Å². The number of amides is 1. The summed E-state index contributed by atoms with van der Waals surface area (Å²) in [5.74, 6) is -1.13. The minimum Gasteiger partial charge on any atom is -0.481 e. The number of aliphatic imine (C=N–C) groups is 1. The lowest BCUT2D eigenvalue weighted by Gasteiger charge is -2.20. The van der Waals surface area contributed by atoms with Gasteiger partial charge in [-0.05, 0) is 38.3 Å². The maximum atomic E-state index is 12.8. The number of thioether (sulfide) groups is 1. The minimum absolute atomic E-state index is 0.172. The number of aliphatic carboxylic acids is 1. The fourth-order valence-electron chi connectivity index (χ4n) is 3.31. The molecule has 24 heavy (non-hydrogen) atoms. The van der Waals surface area contributed by atoms with Crippen LogP contribution in [0.4, 0.5) is 5.69 Å². The first-order valence-corrected chi connectivity index (χ1v) is 9.21. The van der Waals surface area contributed by atoms with E-state index in [1.807, 2.05) is 32.0 Å². The SMILES string of the molecule is Cc1ccc(N2C(=O)C(CC(=O)O)SC2=NC2CCCC2)c(C)c1.